The van der Waals surface area contributed by atoms with Gasteiger partial charge in [-0.1, -0.05) is 34.1 Å². The Hall–Kier alpha value is -0.380. The Morgan fingerprint density at radius 1 is 1.17 bits per heavy atom. The van der Waals surface area contributed by atoms with Crippen molar-refractivity contribution in [1.82, 2.24) is 4.90 Å². The Labute approximate surface area is 119 Å². The van der Waals surface area contributed by atoms with E-state index in [2.05, 4.69) is 59.2 Å². The molecular formula is C15H23BrN2. The molecule has 1 aliphatic rings. The van der Waals surface area contributed by atoms with E-state index in [0.29, 0.717) is 12.1 Å². The molecule has 18 heavy (non-hydrogen) atoms. The van der Waals surface area contributed by atoms with Crippen molar-refractivity contribution in [1.29, 1.82) is 0 Å². The topological polar surface area (TPSA) is 29.3 Å². The maximum absolute atomic E-state index is 6.02. The standard InChI is InChI=1S/C15H23BrN2/c1-18(2)15(11-7-9-12(17)10-8-11)13-5-3-4-6-14(13)16/h3-6,11-12,15H,7-10,17H2,1-2H3. The van der Waals surface area contributed by atoms with E-state index in [-0.39, 0.29) is 0 Å². The lowest BCUT2D eigenvalue weighted by atomic mass is 9.79. The molecule has 1 aromatic carbocycles. The molecule has 0 radical (unpaired) electrons. The van der Waals surface area contributed by atoms with Crippen molar-refractivity contribution >= 4 is 15.9 Å². The average Bonchev–Trinajstić information content (AvgIpc) is 2.34. The molecule has 1 saturated carbocycles. The third-order valence-electron chi connectivity index (χ3n) is 4.04. The van der Waals surface area contributed by atoms with Crippen LogP contribution in [0.5, 0.6) is 0 Å². The molecule has 0 amide bonds. The second kappa shape index (κ2) is 6.18. The van der Waals surface area contributed by atoms with Gasteiger partial charge in [-0.2, -0.15) is 0 Å². The van der Waals surface area contributed by atoms with Gasteiger partial charge in [0, 0.05) is 16.6 Å². The highest BCUT2D eigenvalue weighted by molar-refractivity contribution is 9.10. The maximum atomic E-state index is 6.02. The summed E-state index contributed by atoms with van der Waals surface area (Å²) >= 11 is 3.69. The highest BCUT2D eigenvalue weighted by atomic mass is 79.9. The number of benzene rings is 1. The van der Waals surface area contributed by atoms with E-state index in [1.807, 2.05) is 0 Å². The second-order valence-electron chi connectivity index (χ2n) is 5.60. The summed E-state index contributed by atoms with van der Waals surface area (Å²) in [5, 5.41) is 0. The Bertz CT molecular complexity index is 384. The van der Waals surface area contributed by atoms with Crippen LogP contribution >= 0.6 is 15.9 Å². The van der Waals surface area contributed by atoms with Gasteiger partial charge in [0.15, 0.2) is 0 Å². The minimum atomic E-state index is 0.420. The Morgan fingerprint density at radius 3 is 2.33 bits per heavy atom. The van der Waals surface area contributed by atoms with E-state index < -0.39 is 0 Å². The fourth-order valence-electron chi connectivity index (χ4n) is 3.13. The zero-order chi connectivity index (χ0) is 13.1. The minimum absolute atomic E-state index is 0.420. The minimum Gasteiger partial charge on any atom is -0.328 e. The molecule has 0 heterocycles. The molecule has 0 saturated heterocycles. The first kappa shape index (κ1) is 14.0. The molecule has 2 rings (SSSR count). The molecule has 1 aromatic rings. The summed E-state index contributed by atoms with van der Waals surface area (Å²) in [6.45, 7) is 0. The molecular weight excluding hydrogens is 288 g/mol. The predicted molar refractivity (Wildman–Crippen MR) is 80.5 cm³/mol. The third kappa shape index (κ3) is 3.14. The van der Waals surface area contributed by atoms with E-state index in [1.54, 1.807) is 0 Å². The molecule has 2 nitrogen and oxygen atoms in total. The quantitative estimate of drug-likeness (QED) is 0.924. The Balaban J connectivity index is 2.21. The molecule has 0 spiro atoms. The highest BCUT2D eigenvalue weighted by Gasteiger charge is 2.29. The zero-order valence-electron chi connectivity index (χ0n) is 11.3. The van der Waals surface area contributed by atoms with Gasteiger partial charge in [-0.25, -0.2) is 0 Å². The van der Waals surface area contributed by atoms with Crippen molar-refractivity contribution in [2.24, 2.45) is 11.7 Å². The molecule has 1 fully saturated rings. The van der Waals surface area contributed by atoms with Gasteiger partial charge in [-0.15, -0.1) is 0 Å². The molecule has 0 aliphatic heterocycles. The zero-order valence-corrected chi connectivity index (χ0v) is 12.9. The van der Waals surface area contributed by atoms with Crippen LogP contribution in [0.3, 0.4) is 0 Å². The van der Waals surface area contributed by atoms with Gasteiger partial charge in [-0.05, 0) is 57.3 Å². The van der Waals surface area contributed by atoms with Crippen LogP contribution in [-0.4, -0.2) is 25.0 Å². The van der Waals surface area contributed by atoms with Crippen LogP contribution < -0.4 is 5.73 Å². The lowest BCUT2D eigenvalue weighted by Gasteiger charge is -2.37. The molecule has 1 unspecified atom stereocenters. The van der Waals surface area contributed by atoms with Crippen molar-refractivity contribution in [3.63, 3.8) is 0 Å². The van der Waals surface area contributed by atoms with Crippen LogP contribution in [0.4, 0.5) is 0 Å². The van der Waals surface area contributed by atoms with Gasteiger partial charge in [0.1, 0.15) is 0 Å². The third-order valence-corrected chi connectivity index (χ3v) is 4.77. The fourth-order valence-corrected chi connectivity index (χ4v) is 3.65. The summed E-state index contributed by atoms with van der Waals surface area (Å²) in [4.78, 5) is 2.35. The molecule has 0 bridgehead atoms. The molecule has 1 atom stereocenters. The molecule has 1 aliphatic carbocycles. The van der Waals surface area contributed by atoms with E-state index in [9.17, 15) is 0 Å². The molecule has 100 valence electrons. The van der Waals surface area contributed by atoms with Gasteiger partial charge < -0.3 is 10.6 Å². The number of hydrogen-bond acceptors (Lipinski definition) is 2. The van der Waals surface area contributed by atoms with E-state index in [0.717, 1.165) is 5.92 Å². The molecule has 0 aromatic heterocycles. The van der Waals surface area contributed by atoms with Gasteiger partial charge in [-0.3, -0.25) is 0 Å². The number of nitrogens with two attached hydrogens (primary N) is 1. The summed E-state index contributed by atoms with van der Waals surface area (Å²) in [7, 11) is 4.36. The van der Waals surface area contributed by atoms with Gasteiger partial charge in [0.2, 0.25) is 0 Å². The lowest BCUT2D eigenvalue weighted by molar-refractivity contribution is 0.164. The van der Waals surface area contributed by atoms with Gasteiger partial charge in [0.05, 0.1) is 0 Å². The van der Waals surface area contributed by atoms with Crippen molar-refractivity contribution in [2.75, 3.05) is 14.1 Å². The maximum Gasteiger partial charge on any atom is 0.0381 e. The van der Waals surface area contributed by atoms with E-state index >= 15 is 0 Å². The van der Waals surface area contributed by atoms with Crippen LogP contribution in [0.2, 0.25) is 0 Å². The first-order valence-corrected chi connectivity index (χ1v) is 7.55. The van der Waals surface area contributed by atoms with Crippen LogP contribution in [0.15, 0.2) is 28.7 Å². The Kier molecular flexibility index (Phi) is 4.82. The number of halogens is 1. The summed E-state index contributed by atoms with van der Waals surface area (Å²) < 4.78 is 1.22. The first-order valence-electron chi connectivity index (χ1n) is 6.76. The van der Waals surface area contributed by atoms with E-state index in [1.165, 1.54) is 35.7 Å². The Morgan fingerprint density at radius 2 is 1.78 bits per heavy atom. The number of rotatable bonds is 3. The van der Waals surface area contributed by atoms with Crippen LogP contribution in [0, 0.1) is 5.92 Å². The first-order chi connectivity index (χ1) is 8.59. The van der Waals surface area contributed by atoms with E-state index in [4.69, 9.17) is 5.73 Å². The van der Waals surface area contributed by atoms with Crippen molar-refractivity contribution in [2.45, 2.75) is 37.8 Å². The van der Waals surface area contributed by atoms with Crippen LogP contribution in [-0.2, 0) is 0 Å². The summed E-state index contributed by atoms with van der Waals surface area (Å²) in [5.41, 5.74) is 7.42. The summed E-state index contributed by atoms with van der Waals surface area (Å²) in [6.07, 6.45) is 4.82. The highest BCUT2D eigenvalue weighted by Crippen LogP contribution is 2.39. The number of hydrogen-bond donors (Lipinski definition) is 1. The summed E-state index contributed by atoms with van der Waals surface area (Å²) in [6, 6.07) is 9.50. The van der Waals surface area contributed by atoms with Crippen molar-refractivity contribution < 1.29 is 0 Å². The largest absolute Gasteiger partial charge is 0.328 e. The van der Waals surface area contributed by atoms with Crippen LogP contribution in [0.25, 0.3) is 0 Å². The molecule has 3 heteroatoms. The lowest BCUT2D eigenvalue weighted by Crippen LogP contribution is -2.34. The van der Waals surface area contributed by atoms with Gasteiger partial charge in [0.25, 0.3) is 0 Å². The average molecular weight is 311 g/mol. The number of nitrogens with zero attached hydrogens (tertiary/aromatic N) is 1. The summed E-state index contributed by atoms with van der Waals surface area (Å²) in [5.74, 6) is 0.721. The fraction of sp³-hybridized carbons (Fsp3) is 0.600. The van der Waals surface area contributed by atoms with Gasteiger partial charge >= 0.3 is 0 Å². The second-order valence-corrected chi connectivity index (χ2v) is 6.46. The monoisotopic (exact) mass is 310 g/mol. The van der Waals surface area contributed by atoms with Crippen LogP contribution in [0.1, 0.15) is 37.3 Å². The predicted octanol–water partition coefficient (Wildman–Crippen LogP) is 3.57. The normalized spacial score (nSPS) is 26.3. The SMILES string of the molecule is CN(C)C(c1ccccc1Br)C1CCC(N)CC1. The molecule has 2 N–H and O–H groups in total. The smallest absolute Gasteiger partial charge is 0.0381 e. The van der Waals surface area contributed by atoms with Crippen molar-refractivity contribution in [3.8, 4) is 0 Å². The van der Waals surface area contributed by atoms with Crippen molar-refractivity contribution in [3.05, 3.63) is 34.3 Å².